The summed E-state index contributed by atoms with van der Waals surface area (Å²) >= 11 is 0. The summed E-state index contributed by atoms with van der Waals surface area (Å²) in [4.78, 5) is 0. The van der Waals surface area contributed by atoms with Crippen LogP contribution in [-0.4, -0.2) is 33.1 Å². The molecule has 1 aliphatic rings. The maximum atomic E-state index is 11.5. The van der Waals surface area contributed by atoms with Crippen LogP contribution in [0.25, 0.3) is 10.8 Å². The van der Waals surface area contributed by atoms with Crippen molar-refractivity contribution >= 4 is 20.6 Å². The summed E-state index contributed by atoms with van der Waals surface area (Å²) < 4.78 is 28.5. The Bertz CT molecular complexity index is 755. The van der Waals surface area contributed by atoms with Crippen molar-refractivity contribution in [2.75, 3.05) is 18.6 Å². The topological polar surface area (TPSA) is 55.4 Å². The molecule has 0 bridgehead atoms. The standard InChI is InChI=1S/C16H19NO3S/c1-20-16-7-6-12-4-2-3-5-14(12)15(16)10-17-13-8-9-21(18,19)11-13/h2-7,13,17H,8-11H2,1H3. The summed E-state index contributed by atoms with van der Waals surface area (Å²) in [7, 11) is -1.19. The molecule has 3 rings (SSSR count). The van der Waals surface area contributed by atoms with E-state index in [-0.39, 0.29) is 17.5 Å². The molecule has 2 aromatic rings. The van der Waals surface area contributed by atoms with Gasteiger partial charge in [-0.15, -0.1) is 0 Å². The molecule has 0 saturated carbocycles. The number of hydrogen-bond acceptors (Lipinski definition) is 4. The molecule has 1 unspecified atom stereocenters. The van der Waals surface area contributed by atoms with Gasteiger partial charge in [0.2, 0.25) is 0 Å². The van der Waals surface area contributed by atoms with Gasteiger partial charge < -0.3 is 10.1 Å². The van der Waals surface area contributed by atoms with E-state index in [1.807, 2.05) is 24.3 Å². The molecule has 21 heavy (non-hydrogen) atoms. The molecule has 5 heteroatoms. The van der Waals surface area contributed by atoms with E-state index >= 15 is 0 Å². The summed E-state index contributed by atoms with van der Waals surface area (Å²) in [6, 6.07) is 12.2. The molecule has 1 saturated heterocycles. The van der Waals surface area contributed by atoms with E-state index in [4.69, 9.17) is 4.74 Å². The van der Waals surface area contributed by atoms with Gasteiger partial charge in [-0.3, -0.25) is 0 Å². The molecule has 1 heterocycles. The lowest BCUT2D eigenvalue weighted by Gasteiger charge is -2.15. The highest BCUT2D eigenvalue weighted by atomic mass is 32.2. The number of rotatable bonds is 4. The van der Waals surface area contributed by atoms with Gasteiger partial charge in [-0.05, 0) is 23.3 Å². The van der Waals surface area contributed by atoms with Gasteiger partial charge in [0.25, 0.3) is 0 Å². The molecule has 0 spiro atoms. The fourth-order valence-corrected chi connectivity index (χ4v) is 4.60. The van der Waals surface area contributed by atoms with E-state index in [0.717, 1.165) is 22.1 Å². The van der Waals surface area contributed by atoms with Crippen molar-refractivity contribution < 1.29 is 13.2 Å². The first kappa shape index (κ1) is 14.4. The fraction of sp³-hybridized carbons (Fsp3) is 0.375. The first-order chi connectivity index (χ1) is 10.1. The number of benzene rings is 2. The van der Waals surface area contributed by atoms with Crippen LogP contribution in [-0.2, 0) is 16.4 Å². The Hall–Kier alpha value is -1.59. The second-order valence-corrected chi connectivity index (χ2v) is 7.68. The van der Waals surface area contributed by atoms with Crippen molar-refractivity contribution in [3.05, 3.63) is 42.0 Å². The second-order valence-electron chi connectivity index (χ2n) is 5.45. The monoisotopic (exact) mass is 305 g/mol. The lowest BCUT2D eigenvalue weighted by molar-refractivity contribution is 0.407. The number of sulfone groups is 1. The number of ether oxygens (including phenoxy) is 1. The Balaban J connectivity index is 1.86. The quantitative estimate of drug-likeness (QED) is 0.940. The zero-order valence-corrected chi connectivity index (χ0v) is 12.8. The number of methoxy groups -OCH3 is 1. The van der Waals surface area contributed by atoms with Crippen LogP contribution in [0.2, 0.25) is 0 Å². The molecule has 0 amide bonds. The molecule has 0 aromatic heterocycles. The third-order valence-electron chi connectivity index (χ3n) is 4.02. The van der Waals surface area contributed by atoms with Gasteiger partial charge in [0.1, 0.15) is 5.75 Å². The molecule has 1 fully saturated rings. The average Bonchev–Trinajstić information content (AvgIpc) is 2.84. The lowest BCUT2D eigenvalue weighted by Crippen LogP contribution is -2.29. The van der Waals surface area contributed by atoms with Crippen LogP contribution < -0.4 is 10.1 Å². The number of hydrogen-bond donors (Lipinski definition) is 1. The average molecular weight is 305 g/mol. The molecular weight excluding hydrogens is 286 g/mol. The van der Waals surface area contributed by atoms with Crippen molar-refractivity contribution in [3.8, 4) is 5.75 Å². The highest BCUT2D eigenvalue weighted by Crippen LogP contribution is 2.28. The smallest absolute Gasteiger partial charge is 0.151 e. The largest absolute Gasteiger partial charge is 0.496 e. The van der Waals surface area contributed by atoms with Crippen LogP contribution >= 0.6 is 0 Å². The Morgan fingerprint density at radius 3 is 2.76 bits per heavy atom. The molecule has 1 aliphatic heterocycles. The van der Waals surface area contributed by atoms with Crippen LogP contribution in [0, 0.1) is 0 Å². The van der Waals surface area contributed by atoms with Gasteiger partial charge in [0.05, 0.1) is 18.6 Å². The molecule has 2 aromatic carbocycles. The fourth-order valence-electron chi connectivity index (χ4n) is 2.89. The maximum Gasteiger partial charge on any atom is 0.151 e. The minimum absolute atomic E-state index is 0.0404. The van der Waals surface area contributed by atoms with Crippen LogP contribution in [0.4, 0.5) is 0 Å². The summed E-state index contributed by atoms with van der Waals surface area (Å²) in [6.07, 6.45) is 0.690. The van der Waals surface area contributed by atoms with E-state index < -0.39 is 9.84 Å². The summed E-state index contributed by atoms with van der Waals surface area (Å²) in [5.41, 5.74) is 1.08. The number of fused-ring (bicyclic) bond motifs is 1. The van der Waals surface area contributed by atoms with E-state index in [0.29, 0.717) is 13.0 Å². The van der Waals surface area contributed by atoms with Crippen molar-refractivity contribution in [3.63, 3.8) is 0 Å². The van der Waals surface area contributed by atoms with Crippen molar-refractivity contribution in [2.45, 2.75) is 19.0 Å². The van der Waals surface area contributed by atoms with E-state index in [9.17, 15) is 8.42 Å². The van der Waals surface area contributed by atoms with Crippen LogP contribution in [0.3, 0.4) is 0 Å². The third kappa shape index (κ3) is 3.04. The second kappa shape index (κ2) is 5.66. The molecule has 0 radical (unpaired) electrons. The Morgan fingerprint density at radius 1 is 1.24 bits per heavy atom. The lowest BCUT2D eigenvalue weighted by atomic mass is 10.0. The third-order valence-corrected chi connectivity index (χ3v) is 5.79. The Kier molecular flexibility index (Phi) is 3.87. The van der Waals surface area contributed by atoms with Crippen molar-refractivity contribution in [2.24, 2.45) is 0 Å². The Morgan fingerprint density at radius 2 is 2.05 bits per heavy atom. The highest BCUT2D eigenvalue weighted by Gasteiger charge is 2.27. The van der Waals surface area contributed by atoms with Gasteiger partial charge in [-0.25, -0.2) is 8.42 Å². The van der Waals surface area contributed by atoms with Gasteiger partial charge in [-0.1, -0.05) is 30.3 Å². The van der Waals surface area contributed by atoms with E-state index in [1.54, 1.807) is 7.11 Å². The maximum absolute atomic E-state index is 11.5. The predicted octanol–water partition coefficient (Wildman–Crippen LogP) is 2.13. The first-order valence-corrected chi connectivity index (χ1v) is 8.89. The first-order valence-electron chi connectivity index (χ1n) is 7.07. The van der Waals surface area contributed by atoms with Crippen molar-refractivity contribution in [1.29, 1.82) is 0 Å². The molecule has 0 aliphatic carbocycles. The SMILES string of the molecule is COc1ccc2ccccc2c1CNC1CCS(=O)(=O)C1. The highest BCUT2D eigenvalue weighted by molar-refractivity contribution is 7.91. The molecule has 4 nitrogen and oxygen atoms in total. The van der Waals surface area contributed by atoms with Gasteiger partial charge in [-0.2, -0.15) is 0 Å². The normalized spacial score (nSPS) is 20.7. The summed E-state index contributed by atoms with van der Waals surface area (Å²) in [5, 5.41) is 5.67. The zero-order chi connectivity index (χ0) is 14.9. The van der Waals surface area contributed by atoms with E-state index in [2.05, 4.69) is 17.4 Å². The summed E-state index contributed by atoms with van der Waals surface area (Å²) in [5.74, 6) is 1.36. The van der Waals surface area contributed by atoms with E-state index in [1.165, 1.54) is 0 Å². The molecule has 1 atom stereocenters. The Labute approximate surface area is 125 Å². The number of nitrogens with one attached hydrogen (secondary N) is 1. The predicted molar refractivity (Wildman–Crippen MR) is 84.4 cm³/mol. The molecule has 1 N–H and O–H groups in total. The van der Waals surface area contributed by atoms with Crippen LogP contribution in [0.5, 0.6) is 5.75 Å². The van der Waals surface area contributed by atoms with Gasteiger partial charge in [0.15, 0.2) is 9.84 Å². The van der Waals surface area contributed by atoms with Crippen LogP contribution in [0.1, 0.15) is 12.0 Å². The van der Waals surface area contributed by atoms with Gasteiger partial charge >= 0.3 is 0 Å². The molecular formula is C16H19NO3S. The minimum atomic E-state index is -2.85. The minimum Gasteiger partial charge on any atom is -0.496 e. The van der Waals surface area contributed by atoms with Crippen molar-refractivity contribution in [1.82, 2.24) is 5.32 Å². The summed E-state index contributed by atoms with van der Waals surface area (Å²) in [6.45, 7) is 0.616. The van der Waals surface area contributed by atoms with Crippen LogP contribution in [0.15, 0.2) is 36.4 Å². The zero-order valence-electron chi connectivity index (χ0n) is 12.0. The van der Waals surface area contributed by atoms with Gasteiger partial charge in [0, 0.05) is 18.2 Å². The molecule has 112 valence electrons.